The van der Waals surface area contributed by atoms with Crippen LogP contribution in [-0.2, 0) is 6.54 Å². The third kappa shape index (κ3) is 3.02. The quantitative estimate of drug-likeness (QED) is 0.781. The fourth-order valence-corrected chi connectivity index (χ4v) is 2.98. The first-order valence-corrected chi connectivity index (χ1v) is 8.08. The lowest BCUT2D eigenvalue weighted by Gasteiger charge is -2.22. The van der Waals surface area contributed by atoms with Gasteiger partial charge >= 0.3 is 0 Å². The highest BCUT2D eigenvalue weighted by molar-refractivity contribution is 5.82. The van der Waals surface area contributed by atoms with E-state index in [0.29, 0.717) is 0 Å². The van der Waals surface area contributed by atoms with Gasteiger partial charge in [0, 0.05) is 17.6 Å². The SMILES string of the molecule is Cc1cc2nc(-c3ccccc3C)n(CC(C)(C)N)c2cc1C. The van der Waals surface area contributed by atoms with Crippen molar-refractivity contribution in [3.05, 3.63) is 53.1 Å². The van der Waals surface area contributed by atoms with Crippen molar-refractivity contribution in [3.8, 4) is 11.4 Å². The van der Waals surface area contributed by atoms with Crippen LogP contribution >= 0.6 is 0 Å². The molecule has 1 heterocycles. The molecule has 0 aliphatic carbocycles. The van der Waals surface area contributed by atoms with Crippen molar-refractivity contribution in [1.82, 2.24) is 9.55 Å². The molecule has 0 aliphatic rings. The summed E-state index contributed by atoms with van der Waals surface area (Å²) in [5, 5.41) is 0. The lowest BCUT2D eigenvalue weighted by atomic mass is 10.1. The molecule has 0 aliphatic heterocycles. The Balaban J connectivity index is 2.32. The fourth-order valence-electron chi connectivity index (χ4n) is 2.98. The van der Waals surface area contributed by atoms with Crippen LogP contribution in [0.25, 0.3) is 22.4 Å². The average Bonchev–Trinajstić information content (AvgIpc) is 2.76. The second-order valence-corrected chi connectivity index (χ2v) is 7.25. The van der Waals surface area contributed by atoms with Crippen LogP contribution in [0.1, 0.15) is 30.5 Å². The number of nitrogens with two attached hydrogens (primary N) is 1. The van der Waals surface area contributed by atoms with E-state index < -0.39 is 0 Å². The van der Waals surface area contributed by atoms with Crippen LogP contribution < -0.4 is 5.73 Å². The molecule has 3 aromatic rings. The number of nitrogens with zero attached hydrogens (tertiary/aromatic N) is 2. The molecule has 0 unspecified atom stereocenters. The van der Waals surface area contributed by atoms with Gasteiger partial charge in [0.15, 0.2) is 0 Å². The number of benzene rings is 2. The summed E-state index contributed by atoms with van der Waals surface area (Å²) in [5.41, 5.74) is 13.2. The Bertz CT molecular complexity index is 866. The Kier molecular flexibility index (Phi) is 3.77. The largest absolute Gasteiger partial charge is 0.324 e. The average molecular weight is 307 g/mol. The van der Waals surface area contributed by atoms with Crippen molar-refractivity contribution in [2.75, 3.05) is 0 Å². The molecule has 0 saturated heterocycles. The third-order valence-corrected chi connectivity index (χ3v) is 4.32. The second kappa shape index (κ2) is 5.50. The van der Waals surface area contributed by atoms with Crippen molar-refractivity contribution in [3.63, 3.8) is 0 Å². The van der Waals surface area contributed by atoms with Gasteiger partial charge < -0.3 is 10.3 Å². The predicted octanol–water partition coefficient (Wildman–Crippen LogP) is 4.37. The monoisotopic (exact) mass is 307 g/mol. The number of aryl methyl sites for hydroxylation is 3. The number of hydrogen-bond acceptors (Lipinski definition) is 2. The van der Waals surface area contributed by atoms with Crippen molar-refractivity contribution in [1.29, 1.82) is 0 Å². The lowest BCUT2D eigenvalue weighted by molar-refractivity contribution is 0.442. The Labute approximate surface area is 138 Å². The van der Waals surface area contributed by atoms with Gasteiger partial charge in [-0.2, -0.15) is 0 Å². The zero-order valence-electron chi connectivity index (χ0n) is 14.6. The molecule has 120 valence electrons. The standard InChI is InChI=1S/C20H25N3/c1-13-8-6-7-9-16(13)19-22-17-10-14(2)15(3)11-18(17)23(19)12-20(4,5)21/h6-11H,12,21H2,1-5H3. The molecule has 0 fully saturated rings. The van der Waals surface area contributed by atoms with E-state index in [2.05, 4.69) is 75.6 Å². The molecule has 0 amide bonds. The van der Waals surface area contributed by atoms with E-state index in [1.807, 2.05) is 0 Å². The maximum absolute atomic E-state index is 6.32. The van der Waals surface area contributed by atoms with Gasteiger partial charge in [0.05, 0.1) is 11.0 Å². The van der Waals surface area contributed by atoms with E-state index in [1.54, 1.807) is 0 Å². The summed E-state index contributed by atoms with van der Waals surface area (Å²) >= 11 is 0. The number of fused-ring (bicyclic) bond motifs is 1. The van der Waals surface area contributed by atoms with Gasteiger partial charge in [0.2, 0.25) is 0 Å². The first-order valence-electron chi connectivity index (χ1n) is 8.08. The minimum atomic E-state index is -0.302. The van der Waals surface area contributed by atoms with E-state index in [4.69, 9.17) is 10.7 Å². The maximum atomic E-state index is 6.32. The third-order valence-electron chi connectivity index (χ3n) is 4.32. The molecule has 0 spiro atoms. The summed E-state index contributed by atoms with van der Waals surface area (Å²) in [5.74, 6) is 1.00. The van der Waals surface area contributed by atoms with Gasteiger partial charge in [-0.3, -0.25) is 0 Å². The number of aromatic nitrogens is 2. The summed E-state index contributed by atoms with van der Waals surface area (Å²) in [6.45, 7) is 11.3. The topological polar surface area (TPSA) is 43.8 Å². The molecule has 3 heteroatoms. The van der Waals surface area contributed by atoms with Gasteiger partial charge in [0.1, 0.15) is 5.82 Å². The lowest BCUT2D eigenvalue weighted by Crippen LogP contribution is -2.37. The summed E-state index contributed by atoms with van der Waals surface area (Å²) < 4.78 is 2.27. The zero-order valence-corrected chi connectivity index (χ0v) is 14.6. The normalized spacial score (nSPS) is 12.1. The van der Waals surface area contributed by atoms with Crippen LogP contribution in [-0.4, -0.2) is 15.1 Å². The summed E-state index contributed by atoms with van der Waals surface area (Å²) in [6.07, 6.45) is 0. The van der Waals surface area contributed by atoms with Crippen LogP contribution in [0.3, 0.4) is 0 Å². The van der Waals surface area contributed by atoms with Gasteiger partial charge in [-0.05, 0) is 63.4 Å². The first-order chi connectivity index (χ1) is 10.8. The summed E-state index contributed by atoms with van der Waals surface area (Å²) in [4.78, 5) is 4.94. The molecular weight excluding hydrogens is 282 g/mol. The highest BCUT2D eigenvalue weighted by Gasteiger charge is 2.20. The van der Waals surface area contributed by atoms with Crippen molar-refractivity contribution in [2.24, 2.45) is 5.73 Å². The summed E-state index contributed by atoms with van der Waals surface area (Å²) in [6, 6.07) is 12.8. The number of rotatable bonds is 3. The second-order valence-electron chi connectivity index (χ2n) is 7.25. The van der Waals surface area contributed by atoms with Crippen LogP contribution in [0.2, 0.25) is 0 Å². The fraction of sp³-hybridized carbons (Fsp3) is 0.350. The smallest absolute Gasteiger partial charge is 0.141 e. The Morgan fingerprint density at radius 2 is 1.65 bits per heavy atom. The zero-order chi connectivity index (χ0) is 16.8. The molecule has 0 atom stereocenters. The van der Waals surface area contributed by atoms with E-state index in [1.165, 1.54) is 22.3 Å². The molecule has 2 aromatic carbocycles. The van der Waals surface area contributed by atoms with Crippen LogP contribution in [0, 0.1) is 20.8 Å². The number of hydrogen-bond donors (Lipinski definition) is 1. The first kappa shape index (κ1) is 15.8. The molecule has 0 bridgehead atoms. The summed E-state index contributed by atoms with van der Waals surface area (Å²) in [7, 11) is 0. The van der Waals surface area contributed by atoms with Crippen molar-refractivity contribution < 1.29 is 0 Å². The van der Waals surface area contributed by atoms with Gasteiger partial charge in [-0.15, -0.1) is 0 Å². The highest BCUT2D eigenvalue weighted by atomic mass is 15.1. The Hall–Kier alpha value is -2.13. The molecular formula is C20H25N3. The maximum Gasteiger partial charge on any atom is 0.141 e. The van der Waals surface area contributed by atoms with Crippen molar-refractivity contribution >= 4 is 11.0 Å². The highest BCUT2D eigenvalue weighted by Crippen LogP contribution is 2.29. The van der Waals surface area contributed by atoms with E-state index in [-0.39, 0.29) is 5.54 Å². The molecule has 3 nitrogen and oxygen atoms in total. The number of imidazole rings is 1. The Morgan fingerprint density at radius 1 is 1.00 bits per heavy atom. The predicted molar refractivity (Wildman–Crippen MR) is 97.6 cm³/mol. The van der Waals surface area contributed by atoms with E-state index >= 15 is 0 Å². The van der Waals surface area contributed by atoms with Crippen LogP contribution in [0.5, 0.6) is 0 Å². The van der Waals surface area contributed by atoms with Gasteiger partial charge in [-0.1, -0.05) is 24.3 Å². The van der Waals surface area contributed by atoms with Gasteiger partial charge in [0.25, 0.3) is 0 Å². The van der Waals surface area contributed by atoms with Crippen LogP contribution in [0.4, 0.5) is 0 Å². The van der Waals surface area contributed by atoms with E-state index in [9.17, 15) is 0 Å². The molecule has 2 N–H and O–H groups in total. The minimum absolute atomic E-state index is 0.302. The molecule has 1 aromatic heterocycles. The molecule has 23 heavy (non-hydrogen) atoms. The Morgan fingerprint density at radius 3 is 2.30 bits per heavy atom. The molecule has 0 radical (unpaired) electrons. The van der Waals surface area contributed by atoms with E-state index in [0.717, 1.165) is 23.4 Å². The molecule has 0 saturated carbocycles. The minimum Gasteiger partial charge on any atom is -0.324 e. The van der Waals surface area contributed by atoms with Crippen LogP contribution in [0.15, 0.2) is 36.4 Å². The van der Waals surface area contributed by atoms with Gasteiger partial charge in [-0.25, -0.2) is 4.98 Å². The molecule has 3 rings (SSSR count). The van der Waals surface area contributed by atoms with Crippen molar-refractivity contribution in [2.45, 2.75) is 46.7 Å².